The largest absolute Gasteiger partial charge is 0.483 e. The maximum absolute atomic E-state index is 11.7. The number of amides is 2. The van der Waals surface area contributed by atoms with Gasteiger partial charge in [0, 0.05) is 10.0 Å². The van der Waals surface area contributed by atoms with E-state index in [4.69, 9.17) is 32.7 Å². The van der Waals surface area contributed by atoms with Crippen LogP contribution in [-0.4, -0.2) is 37.5 Å². The Bertz CT molecular complexity index is 886. The molecule has 0 saturated carbocycles. The van der Waals surface area contributed by atoms with E-state index >= 15 is 0 Å². The van der Waals surface area contributed by atoms with E-state index in [-0.39, 0.29) is 13.2 Å². The van der Waals surface area contributed by atoms with Crippen LogP contribution in [0.1, 0.15) is 11.1 Å². The number of hydrogen-bond donors (Lipinski definition) is 2. The number of nitrogens with one attached hydrogen (secondary N) is 2. The zero-order valence-electron chi connectivity index (χ0n) is 16.3. The van der Waals surface area contributed by atoms with Gasteiger partial charge in [0.2, 0.25) is 0 Å². The summed E-state index contributed by atoms with van der Waals surface area (Å²) in [5, 5.41) is 8.50. The molecule has 0 aliphatic heterocycles. The van der Waals surface area contributed by atoms with Crippen molar-refractivity contribution in [3.05, 3.63) is 57.6 Å². The Hall–Kier alpha value is -3.10. The molecule has 0 spiro atoms. The number of ether oxygens (including phenoxy) is 2. The molecule has 30 heavy (non-hydrogen) atoms. The van der Waals surface area contributed by atoms with Gasteiger partial charge in [0.1, 0.15) is 11.5 Å². The van der Waals surface area contributed by atoms with Crippen LogP contribution in [0.2, 0.25) is 10.0 Å². The number of benzene rings is 2. The molecule has 0 unspecified atom stereocenters. The lowest BCUT2D eigenvalue weighted by molar-refractivity contribution is -0.123. The van der Waals surface area contributed by atoms with E-state index in [1.807, 2.05) is 13.8 Å². The molecule has 0 radical (unpaired) electrons. The summed E-state index contributed by atoms with van der Waals surface area (Å²) >= 11 is 11.7. The monoisotopic (exact) mass is 450 g/mol. The normalized spacial score (nSPS) is 10.9. The second kappa shape index (κ2) is 11.8. The van der Waals surface area contributed by atoms with Gasteiger partial charge in [0.15, 0.2) is 13.2 Å². The predicted octanol–water partition coefficient (Wildman–Crippen LogP) is 3.27. The Kier molecular flexibility index (Phi) is 9.11. The minimum Gasteiger partial charge on any atom is -0.483 e. The summed E-state index contributed by atoms with van der Waals surface area (Å²) in [5.41, 5.74) is 6.17. The van der Waals surface area contributed by atoms with Crippen LogP contribution in [0.5, 0.6) is 11.5 Å². The van der Waals surface area contributed by atoms with Crippen molar-refractivity contribution < 1.29 is 19.1 Å². The van der Waals surface area contributed by atoms with Gasteiger partial charge in [-0.3, -0.25) is 9.59 Å². The number of hydrazone groups is 2. The zero-order valence-corrected chi connectivity index (χ0v) is 17.8. The van der Waals surface area contributed by atoms with E-state index in [1.165, 1.54) is 12.4 Å². The van der Waals surface area contributed by atoms with Crippen molar-refractivity contribution in [3.8, 4) is 11.5 Å². The highest BCUT2D eigenvalue weighted by molar-refractivity contribution is 6.31. The summed E-state index contributed by atoms with van der Waals surface area (Å²) in [6, 6.07) is 10.2. The molecule has 0 bridgehead atoms. The van der Waals surface area contributed by atoms with Crippen LogP contribution >= 0.6 is 23.2 Å². The third-order valence-corrected chi connectivity index (χ3v) is 4.06. The average molecular weight is 451 g/mol. The fourth-order valence-corrected chi connectivity index (χ4v) is 2.64. The maximum atomic E-state index is 11.7. The minimum absolute atomic E-state index is 0.213. The van der Waals surface area contributed by atoms with Crippen molar-refractivity contribution in [2.45, 2.75) is 13.8 Å². The zero-order chi connectivity index (χ0) is 21.9. The molecule has 0 heterocycles. The standard InChI is InChI=1S/C20H20Cl2N4O4/c1-13-9-15(21)3-5-17(13)29-11-19(27)25-23-7-8-24-26-20(28)12-30-18-6-4-16(22)10-14(18)2/h3-10H,11-12H2,1-2H3,(H,25,27)(H,26,28)/b23-7-,24-8-. The Morgan fingerprint density at radius 3 is 1.60 bits per heavy atom. The molecule has 0 aliphatic rings. The van der Waals surface area contributed by atoms with E-state index in [9.17, 15) is 9.59 Å². The Balaban J connectivity index is 1.64. The molecule has 0 atom stereocenters. The predicted molar refractivity (Wildman–Crippen MR) is 117 cm³/mol. The van der Waals surface area contributed by atoms with Gasteiger partial charge in [-0.05, 0) is 61.4 Å². The number of rotatable bonds is 9. The van der Waals surface area contributed by atoms with Gasteiger partial charge in [0.25, 0.3) is 11.8 Å². The van der Waals surface area contributed by atoms with Gasteiger partial charge in [-0.25, -0.2) is 10.9 Å². The van der Waals surface area contributed by atoms with Crippen LogP contribution < -0.4 is 20.3 Å². The number of halogens is 2. The SMILES string of the molecule is Cc1cc(Cl)ccc1OCC(=O)N/N=C\C=N/NC(=O)COc1ccc(Cl)cc1C. The van der Waals surface area contributed by atoms with Gasteiger partial charge in [-0.2, -0.15) is 10.2 Å². The van der Waals surface area contributed by atoms with Crippen LogP contribution in [-0.2, 0) is 9.59 Å². The Labute approximate surface area is 183 Å². The third-order valence-electron chi connectivity index (χ3n) is 3.59. The average Bonchev–Trinajstić information content (AvgIpc) is 2.69. The lowest BCUT2D eigenvalue weighted by Gasteiger charge is -2.08. The molecule has 2 aromatic carbocycles. The first-order chi connectivity index (χ1) is 14.3. The first kappa shape index (κ1) is 23.2. The maximum Gasteiger partial charge on any atom is 0.277 e. The summed E-state index contributed by atoms with van der Waals surface area (Å²) in [6.07, 6.45) is 2.41. The summed E-state index contributed by atoms with van der Waals surface area (Å²) in [6.45, 7) is 3.22. The van der Waals surface area contributed by atoms with Crippen LogP contribution in [0.3, 0.4) is 0 Å². The van der Waals surface area contributed by atoms with Crippen LogP contribution in [0.4, 0.5) is 0 Å². The molecule has 0 saturated heterocycles. The molecule has 2 amide bonds. The third kappa shape index (κ3) is 8.10. The molecule has 2 N–H and O–H groups in total. The number of hydrogen-bond acceptors (Lipinski definition) is 6. The highest BCUT2D eigenvalue weighted by Crippen LogP contribution is 2.22. The quantitative estimate of drug-likeness (QED) is 0.451. The molecule has 158 valence electrons. The first-order valence-corrected chi connectivity index (χ1v) is 9.51. The summed E-state index contributed by atoms with van der Waals surface area (Å²) in [7, 11) is 0. The van der Waals surface area contributed by atoms with E-state index in [0.29, 0.717) is 21.5 Å². The second-order valence-corrected chi connectivity index (χ2v) is 6.90. The molecular weight excluding hydrogens is 431 g/mol. The number of nitrogens with zero attached hydrogens (tertiary/aromatic N) is 2. The van der Waals surface area contributed by atoms with E-state index < -0.39 is 11.8 Å². The number of aryl methyl sites for hydroxylation is 2. The molecule has 0 aliphatic carbocycles. The lowest BCUT2D eigenvalue weighted by atomic mass is 10.2. The summed E-state index contributed by atoms with van der Waals surface area (Å²) in [5.74, 6) is 0.201. The minimum atomic E-state index is -0.454. The molecule has 0 aromatic heterocycles. The van der Waals surface area contributed by atoms with Crippen molar-refractivity contribution in [1.82, 2.24) is 10.9 Å². The van der Waals surface area contributed by atoms with Crippen LogP contribution in [0.15, 0.2) is 46.6 Å². The molecule has 8 nitrogen and oxygen atoms in total. The molecule has 2 aromatic rings. The van der Waals surface area contributed by atoms with Crippen molar-refractivity contribution in [1.29, 1.82) is 0 Å². The second-order valence-electron chi connectivity index (χ2n) is 6.02. The smallest absolute Gasteiger partial charge is 0.277 e. The Morgan fingerprint density at radius 1 is 0.833 bits per heavy atom. The molecule has 2 rings (SSSR count). The summed E-state index contributed by atoms with van der Waals surface area (Å²) in [4.78, 5) is 23.4. The van der Waals surface area contributed by atoms with E-state index in [0.717, 1.165) is 11.1 Å². The van der Waals surface area contributed by atoms with Gasteiger partial charge < -0.3 is 9.47 Å². The fourth-order valence-electron chi connectivity index (χ4n) is 2.19. The van der Waals surface area contributed by atoms with Gasteiger partial charge in [-0.1, -0.05) is 23.2 Å². The highest BCUT2D eigenvalue weighted by atomic mass is 35.5. The molecule has 10 heteroatoms. The van der Waals surface area contributed by atoms with E-state index in [2.05, 4.69) is 21.1 Å². The Morgan fingerprint density at radius 2 is 1.23 bits per heavy atom. The van der Waals surface area contributed by atoms with Gasteiger partial charge in [0.05, 0.1) is 12.4 Å². The highest BCUT2D eigenvalue weighted by Gasteiger charge is 2.05. The molecule has 0 fully saturated rings. The van der Waals surface area contributed by atoms with Crippen molar-refractivity contribution >= 4 is 47.4 Å². The first-order valence-electron chi connectivity index (χ1n) is 8.75. The van der Waals surface area contributed by atoms with Crippen LogP contribution in [0, 0.1) is 13.8 Å². The summed E-state index contributed by atoms with van der Waals surface area (Å²) < 4.78 is 10.8. The van der Waals surface area contributed by atoms with Crippen molar-refractivity contribution in [2.75, 3.05) is 13.2 Å². The lowest BCUT2D eigenvalue weighted by Crippen LogP contribution is -2.25. The van der Waals surface area contributed by atoms with Gasteiger partial charge >= 0.3 is 0 Å². The van der Waals surface area contributed by atoms with Crippen molar-refractivity contribution in [2.24, 2.45) is 10.2 Å². The van der Waals surface area contributed by atoms with E-state index in [1.54, 1.807) is 36.4 Å². The fraction of sp³-hybridized carbons (Fsp3) is 0.200. The van der Waals surface area contributed by atoms with Gasteiger partial charge in [-0.15, -0.1) is 0 Å². The topological polar surface area (TPSA) is 101 Å². The molecular formula is C20H20Cl2N4O4. The van der Waals surface area contributed by atoms with Crippen molar-refractivity contribution in [3.63, 3.8) is 0 Å². The number of carbonyl (C=O) groups is 2. The van der Waals surface area contributed by atoms with Crippen LogP contribution in [0.25, 0.3) is 0 Å². The number of carbonyl (C=O) groups excluding carboxylic acids is 2.